The molecule has 0 fully saturated rings. The number of hydrogen-bond donors (Lipinski definition) is 1. The van der Waals surface area contributed by atoms with E-state index in [9.17, 15) is 9.18 Å². The summed E-state index contributed by atoms with van der Waals surface area (Å²) in [5.74, 6) is -1.10. The summed E-state index contributed by atoms with van der Waals surface area (Å²) in [7, 11) is 0. The molecule has 0 saturated carbocycles. The SMILES string of the molecule is O=C1CCOc2cc(O)cc(F)c21. The molecule has 0 bridgehead atoms. The van der Waals surface area contributed by atoms with Crippen molar-refractivity contribution in [2.24, 2.45) is 0 Å². The summed E-state index contributed by atoms with van der Waals surface area (Å²) in [6.45, 7) is 0.245. The highest BCUT2D eigenvalue weighted by atomic mass is 19.1. The van der Waals surface area contributed by atoms with E-state index >= 15 is 0 Å². The number of benzene rings is 1. The number of hydrogen-bond acceptors (Lipinski definition) is 3. The van der Waals surface area contributed by atoms with E-state index in [4.69, 9.17) is 9.84 Å². The number of ether oxygens (including phenoxy) is 1. The molecule has 0 amide bonds. The van der Waals surface area contributed by atoms with Crippen LogP contribution >= 0.6 is 0 Å². The number of fused-ring (bicyclic) bond motifs is 1. The second-order valence-electron chi connectivity index (χ2n) is 2.82. The lowest BCUT2D eigenvalue weighted by atomic mass is 10.0. The van der Waals surface area contributed by atoms with Crippen molar-refractivity contribution in [3.8, 4) is 11.5 Å². The van der Waals surface area contributed by atoms with E-state index in [1.807, 2.05) is 0 Å². The lowest BCUT2D eigenvalue weighted by Crippen LogP contribution is -2.16. The Bertz CT molecular complexity index is 373. The number of rotatable bonds is 0. The van der Waals surface area contributed by atoms with Crippen molar-refractivity contribution >= 4 is 5.78 Å². The minimum absolute atomic E-state index is 0.0518. The van der Waals surface area contributed by atoms with Crippen LogP contribution in [-0.2, 0) is 0 Å². The van der Waals surface area contributed by atoms with E-state index < -0.39 is 5.82 Å². The molecule has 2 rings (SSSR count). The summed E-state index contributed by atoms with van der Waals surface area (Å²) >= 11 is 0. The zero-order chi connectivity index (χ0) is 9.42. The Morgan fingerprint density at radius 1 is 1.46 bits per heavy atom. The number of carbonyl (C=O) groups excluding carboxylic acids is 1. The van der Waals surface area contributed by atoms with E-state index in [0.717, 1.165) is 6.07 Å². The third-order valence-corrected chi connectivity index (χ3v) is 1.90. The van der Waals surface area contributed by atoms with Gasteiger partial charge in [0.15, 0.2) is 5.78 Å². The molecule has 0 saturated heterocycles. The molecule has 1 N–H and O–H groups in total. The average Bonchev–Trinajstić information content (AvgIpc) is 2.02. The minimum atomic E-state index is -0.722. The molecule has 0 radical (unpaired) electrons. The first-order chi connectivity index (χ1) is 6.18. The van der Waals surface area contributed by atoms with Gasteiger partial charge in [0.2, 0.25) is 0 Å². The third kappa shape index (κ3) is 1.24. The standard InChI is InChI=1S/C9H7FO3/c10-6-3-5(11)4-8-9(6)7(12)1-2-13-8/h3-4,11H,1-2H2. The van der Waals surface area contributed by atoms with E-state index in [1.165, 1.54) is 6.07 Å². The fourth-order valence-corrected chi connectivity index (χ4v) is 1.33. The van der Waals surface area contributed by atoms with Crippen LogP contribution in [0.2, 0.25) is 0 Å². The van der Waals surface area contributed by atoms with Crippen LogP contribution in [-0.4, -0.2) is 17.5 Å². The van der Waals surface area contributed by atoms with Gasteiger partial charge in [0.1, 0.15) is 17.3 Å². The van der Waals surface area contributed by atoms with Crippen molar-refractivity contribution in [3.63, 3.8) is 0 Å². The molecule has 0 aliphatic carbocycles. The first-order valence-corrected chi connectivity index (χ1v) is 3.87. The highest BCUT2D eigenvalue weighted by molar-refractivity contribution is 6.00. The number of halogens is 1. The third-order valence-electron chi connectivity index (χ3n) is 1.90. The first-order valence-electron chi connectivity index (χ1n) is 3.87. The number of phenolic OH excluding ortho intramolecular Hbond substituents is 1. The van der Waals surface area contributed by atoms with Crippen molar-refractivity contribution < 1.29 is 19.0 Å². The Hall–Kier alpha value is -1.58. The van der Waals surface area contributed by atoms with Crippen LogP contribution in [0.5, 0.6) is 11.5 Å². The van der Waals surface area contributed by atoms with E-state index in [2.05, 4.69) is 0 Å². The Kier molecular flexibility index (Phi) is 1.69. The smallest absolute Gasteiger partial charge is 0.172 e. The van der Waals surface area contributed by atoms with Gasteiger partial charge >= 0.3 is 0 Å². The maximum atomic E-state index is 13.1. The molecule has 1 heterocycles. The van der Waals surface area contributed by atoms with Crippen molar-refractivity contribution in [2.45, 2.75) is 6.42 Å². The van der Waals surface area contributed by atoms with Crippen LogP contribution in [0.4, 0.5) is 4.39 Å². The topological polar surface area (TPSA) is 46.5 Å². The van der Waals surface area contributed by atoms with Gasteiger partial charge in [-0.25, -0.2) is 4.39 Å². The Labute approximate surface area is 73.8 Å². The highest BCUT2D eigenvalue weighted by Crippen LogP contribution is 2.30. The van der Waals surface area contributed by atoms with Crippen molar-refractivity contribution in [1.82, 2.24) is 0 Å². The van der Waals surface area contributed by atoms with Crippen LogP contribution in [0.25, 0.3) is 0 Å². The molecule has 1 aromatic carbocycles. The molecule has 0 aromatic heterocycles. The Balaban J connectivity index is 2.63. The van der Waals surface area contributed by atoms with Gasteiger partial charge in [-0.1, -0.05) is 0 Å². The number of carbonyl (C=O) groups is 1. The predicted molar refractivity (Wildman–Crippen MR) is 42.5 cm³/mol. The zero-order valence-electron chi connectivity index (χ0n) is 6.71. The number of phenols is 1. The molecule has 0 unspecified atom stereocenters. The predicted octanol–water partition coefficient (Wildman–Crippen LogP) is 1.50. The lowest BCUT2D eigenvalue weighted by Gasteiger charge is -2.16. The highest BCUT2D eigenvalue weighted by Gasteiger charge is 2.23. The fraction of sp³-hybridized carbons (Fsp3) is 0.222. The van der Waals surface area contributed by atoms with Gasteiger partial charge in [0, 0.05) is 18.6 Å². The largest absolute Gasteiger partial charge is 0.508 e. The maximum Gasteiger partial charge on any atom is 0.172 e. The maximum absolute atomic E-state index is 13.1. The summed E-state index contributed by atoms with van der Waals surface area (Å²) in [4.78, 5) is 11.2. The van der Waals surface area contributed by atoms with Gasteiger partial charge in [-0.15, -0.1) is 0 Å². The monoisotopic (exact) mass is 182 g/mol. The summed E-state index contributed by atoms with van der Waals surface area (Å²) < 4.78 is 18.2. The molecule has 0 spiro atoms. The fourth-order valence-electron chi connectivity index (χ4n) is 1.33. The van der Waals surface area contributed by atoms with E-state index in [-0.39, 0.29) is 35.9 Å². The molecule has 3 nitrogen and oxygen atoms in total. The normalized spacial score (nSPS) is 15.0. The van der Waals surface area contributed by atoms with Crippen LogP contribution in [0.3, 0.4) is 0 Å². The number of Topliss-reactive ketones (excluding diaryl/α,β-unsaturated/α-hetero) is 1. The summed E-state index contributed by atoms with van der Waals surface area (Å²) in [5, 5.41) is 9.02. The Morgan fingerprint density at radius 2 is 2.23 bits per heavy atom. The summed E-state index contributed by atoms with van der Waals surface area (Å²) in [6, 6.07) is 2.15. The van der Waals surface area contributed by atoms with Crippen LogP contribution in [0.1, 0.15) is 16.8 Å². The average molecular weight is 182 g/mol. The molecule has 1 aromatic rings. The van der Waals surface area contributed by atoms with E-state index in [0.29, 0.717) is 0 Å². The van der Waals surface area contributed by atoms with Gasteiger partial charge in [-0.3, -0.25) is 4.79 Å². The summed E-state index contributed by atoms with van der Waals surface area (Å²) in [6.07, 6.45) is 0.189. The van der Waals surface area contributed by atoms with Crippen molar-refractivity contribution in [1.29, 1.82) is 0 Å². The molecular formula is C9H7FO3. The second kappa shape index (κ2) is 2.73. The quantitative estimate of drug-likeness (QED) is 0.661. The molecule has 1 aliphatic rings. The number of aromatic hydroxyl groups is 1. The van der Waals surface area contributed by atoms with Gasteiger partial charge < -0.3 is 9.84 Å². The lowest BCUT2D eigenvalue weighted by molar-refractivity contribution is 0.0928. The zero-order valence-corrected chi connectivity index (χ0v) is 6.71. The Morgan fingerprint density at radius 3 is 3.00 bits per heavy atom. The molecule has 0 atom stereocenters. The van der Waals surface area contributed by atoms with Crippen LogP contribution in [0, 0.1) is 5.82 Å². The first kappa shape index (κ1) is 8.04. The van der Waals surface area contributed by atoms with Gasteiger partial charge in [-0.05, 0) is 0 Å². The number of ketones is 1. The summed E-state index contributed by atoms with van der Waals surface area (Å²) in [5.41, 5.74) is -0.0518. The van der Waals surface area contributed by atoms with Crippen molar-refractivity contribution in [3.05, 3.63) is 23.5 Å². The molecule has 13 heavy (non-hydrogen) atoms. The molecular weight excluding hydrogens is 175 g/mol. The van der Waals surface area contributed by atoms with Crippen molar-refractivity contribution in [2.75, 3.05) is 6.61 Å². The molecule has 1 aliphatic heterocycles. The van der Waals surface area contributed by atoms with Crippen LogP contribution < -0.4 is 4.74 Å². The van der Waals surface area contributed by atoms with E-state index in [1.54, 1.807) is 0 Å². The second-order valence-corrected chi connectivity index (χ2v) is 2.82. The minimum Gasteiger partial charge on any atom is -0.508 e. The van der Waals surface area contributed by atoms with Gasteiger partial charge in [0.25, 0.3) is 0 Å². The molecule has 68 valence electrons. The molecule has 4 heteroatoms. The van der Waals surface area contributed by atoms with Gasteiger partial charge in [-0.2, -0.15) is 0 Å². The van der Waals surface area contributed by atoms with Crippen LogP contribution in [0.15, 0.2) is 12.1 Å². The van der Waals surface area contributed by atoms with Gasteiger partial charge in [0.05, 0.1) is 12.2 Å².